The quantitative estimate of drug-likeness (QED) is 0.450. The minimum atomic E-state index is -2.28. The molecule has 0 spiro atoms. The van der Waals surface area contributed by atoms with Gasteiger partial charge in [-0.05, 0) is 0 Å². The molecule has 0 heterocycles. The van der Waals surface area contributed by atoms with Crippen LogP contribution in [0.5, 0.6) is 0 Å². The summed E-state index contributed by atoms with van der Waals surface area (Å²) in [5.41, 5.74) is 0. The fourth-order valence-electron chi connectivity index (χ4n) is 0. The first-order valence-corrected chi connectivity index (χ1v) is 2.36. The first-order chi connectivity index (χ1) is 2.94. The van der Waals surface area contributed by atoms with Crippen molar-refractivity contribution < 1.29 is 78.8 Å². The fraction of sp³-hybridized carbons (Fsp3) is 0.500. The fourth-order valence-corrected chi connectivity index (χ4v) is 0. The third-order valence-corrected chi connectivity index (χ3v) is 0.694. The maximum atomic E-state index is 9.51. The summed E-state index contributed by atoms with van der Waals surface area (Å²) >= 11 is 14.2. The number of carbonyl (C=O) groups excluding carboxylic acids is 1. The largest absolute Gasteiger partial charge is 1.00 e. The molecule has 0 aliphatic carbocycles. The molecule has 0 saturated heterocycles. The second kappa shape index (κ2) is 5.10. The number of rotatable bonds is 0. The minimum Gasteiger partial charge on any atom is -0.545 e. The second-order valence-electron chi connectivity index (χ2n) is 0.785. The van der Waals surface area contributed by atoms with Crippen LogP contribution in [0.3, 0.4) is 0 Å². The third kappa shape index (κ3) is 6.51. The molecule has 0 aromatic heterocycles. The van der Waals surface area contributed by atoms with Gasteiger partial charge in [-0.1, -0.05) is 34.8 Å². The second-order valence-corrected chi connectivity index (χ2v) is 3.07. The molecule has 0 aromatic rings. The van der Waals surface area contributed by atoms with Crippen LogP contribution >= 0.6 is 34.8 Å². The van der Waals surface area contributed by atoms with Crippen molar-refractivity contribution in [3.05, 3.63) is 0 Å². The van der Waals surface area contributed by atoms with Crippen LogP contribution in [0.25, 0.3) is 0 Å². The van der Waals surface area contributed by atoms with E-state index < -0.39 is 9.76 Å². The Morgan fingerprint density at radius 1 is 1.38 bits per heavy atom. The summed E-state index contributed by atoms with van der Waals surface area (Å²) in [6.45, 7) is 0. The zero-order chi connectivity index (χ0) is 6.08. The third-order valence-electron chi connectivity index (χ3n) is 0.231. The van der Waals surface area contributed by atoms with Gasteiger partial charge in [-0.2, -0.15) is 0 Å². The molecular formula is C2Cl3CsO2. The van der Waals surface area contributed by atoms with E-state index in [4.69, 9.17) is 34.8 Å². The molecule has 0 aliphatic rings. The SMILES string of the molecule is O=C([O-])C(Cl)(Cl)Cl.[Cs+]. The van der Waals surface area contributed by atoms with Crippen molar-refractivity contribution in [2.45, 2.75) is 3.79 Å². The van der Waals surface area contributed by atoms with Crippen molar-refractivity contribution in [1.82, 2.24) is 0 Å². The van der Waals surface area contributed by atoms with Gasteiger partial charge >= 0.3 is 68.9 Å². The molecule has 0 radical (unpaired) electrons. The molecule has 0 saturated carbocycles. The van der Waals surface area contributed by atoms with E-state index in [-0.39, 0.29) is 68.9 Å². The van der Waals surface area contributed by atoms with Crippen LogP contribution in [0.4, 0.5) is 0 Å². The molecule has 0 amide bonds. The summed E-state index contributed by atoms with van der Waals surface area (Å²) in [7, 11) is 0. The Morgan fingerprint density at radius 2 is 1.50 bits per heavy atom. The predicted octanol–water partition coefficient (Wildman–Crippen LogP) is -2.89. The van der Waals surface area contributed by atoms with Crippen LogP contribution in [-0.4, -0.2) is 9.76 Å². The molecule has 0 bridgehead atoms. The minimum absolute atomic E-state index is 0. The van der Waals surface area contributed by atoms with Crippen molar-refractivity contribution >= 4 is 40.8 Å². The van der Waals surface area contributed by atoms with Gasteiger partial charge < -0.3 is 9.90 Å². The van der Waals surface area contributed by atoms with Gasteiger partial charge in [-0.3, -0.25) is 0 Å². The molecule has 0 aromatic carbocycles. The van der Waals surface area contributed by atoms with Gasteiger partial charge in [0.25, 0.3) is 0 Å². The molecule has 0 aliphatic heterocycles. The topological polar surface area (TPSA) is 40.1 Å². The standard InChI is InChI=1S/C2HCl3O2.Cs/c3-2(4,5)1(6)7;/h(H,6,7);/q;+1/p-1. The van der Waals surface area contributed by atoms with Crippen LogP contribution in [0.15, 0.2) is 0 Å². The Morgan fingerprint density at radius 3 is 1.50 bits per heavy atom. The zero-order valence-corrected chi connectivity index (χ0v) is 12.5. The van der Waals surface area contributed by atoms with Crippen molar-refractivity contribution in [2.24, 2.45) is 0 Å². The predicted molar refractivity (Wildman–Crippen MR) is 25.3 cm³/mol. The summed E-state index contributed by atoms with van der Waals surface area (Å²) in [4.78, 5) is 9.51. The number of halogens is 3. The van der Waals surface area contributed by atoms with Gasteiger partial charge in [-0.25, -0.2) is 0 Å². The van der Waals surface area contributed by atoms with Gasteiger partial charge in [0.05, 0.1) is 5.97 Å². The summed E-state index contributed by atoms with van der Waals surface area (Å²) in [5, 5.41) is 9.51. The van der Waals surface area contributed by atoms with Crippen molar-refractivity contribution in [2.75, 3.05) is 0 Å². The number of alkyl halides is 3. The van der Waals surface area contributed by atoms with Gasteiger partial charge in [-0.15, -0.1) is 0 Å². The van der Waals surface area contributed by atoms with E-state index in [9.17, 15) is 9.90 Å². The van der Waals surface area contributed by atoms with E-state index in [0.29, 0.717) is 0 Å². The van der Waals surface area contributed by atoms with E-state index in [1.807, 2.05) is 0 Å². The summed E-state index contributed by atoms with van der Waals surface area (Å²) in [5.74, 6) is -1.71. The first-order valence-electron chi connectivity index (χ1n) is 1.23. The number of carbonyl (C=O) groups is 1. The number of hydrogen-bond acceptors (Lipinski definition) is 2. The zero-order valence-electron chi connectivity index (χ0n) is 3.95. The smallest absolute Gasteiger partial charge is 0.545 e. The van der Waals surface area contributed by atoms with Crippen molar-refractivity contribution in [1.29, 1.82) is 0 Å². The molecule has 0 unspecified atom stereocenters. The number of hydrogen-bond donors (Lipinski definition) is 0. The molecule has 0 fully saturated rings. The normalized spacial score (nSPS) is 9.88. The molecule has 0 N–H and O–H groups in total. The average molecular weight is 295 g/mol. The molecule has 8 heavy (non-hydrogen) atoms. The van der Waals surface area contributed by atoms with E-state index in [2.05, 4.69) is 0 Å². The monoisotopic (exact) mass is 294 g/mol. The average Bonchev–Trinajstić information content (AvgIpc) is 1.31. The van der Waals surface area contributed by atoms with Gasteiger partial charge in [0, 0.05) is 0 Å². The Balaban J connectivity index is 0. The number of carboxylic acid groups (broad SMARTS) is 1. The summed E-state index contributed by atoms with van der Waals surface area (Å²) in [6, 6.07) is 0. The molecule has 6 heteroatoms. The molecule has 0 atom stereocenters. The van der Waals surface area contributed by atoms with Crippen LogP contribution in [0.2, 0.25) is 0 Å². The van der Waals surface area contributed by atoms with Gasteiger partial charge in [0.1, 0.15) is 0 Å². The van der Waals surface area contributed by atoms with Crippen LogP contribution < -0.4 is 74.0 Å². The van der Waals surface area contributed by atoms with Gasteiger partial charge in [0.15, 0.2) is 0 Å². The van der Waals surface area contributed by atoms with Crippen molar-refractivity contribution in [3.63, 3.8) is 0 Å². The Labute approximate surface area is 120 Å². The Hall–Kier alpha value is 2.39. The van der Waals surface area contributed by atoms with Crippen LogP contribution in [0, 0.1) is 0 Å². The van der Waals surface area contributed by atoms with Crippen LogP contribution in [0.1, 0.15) is 0 Å². The Kier molecular flexibility index (Phi) is 8.29. The number of aliphatic carboxylic acids is 1. The van der Waals surface area contributed by atoms with E-state index in [0.717, 1.165) is 0 Å². The Bertz CT molecular complexity index is 87.8. The molecule has 0 rings (SSSR count). The maximum absolute atomic E-state index is 9.51. The number of carboxylic acids is 1. The summed E-state index contributed by atoms with van der Waals surface area (Å²) < 4.78 is -2.28. The molecule has 42 valence electrons. The van der Waals surface area contributed by atoms with E-state index in [1.165, 1.54) is 0 Å². The van der Waals surface area contributed by atoms with E-state index in [1.54, 1.807) is 0 Å². The molecule has 2 nitrogen and oxygen atoms in total. The van der Waals surface area contributed by atoms with Crippen LogP contribution in [-0.2, 0) is 4.79 Å². The van der Waals surface area contributed by atoms with Gasteiger partial charge in [0.2, 0.25) is 3.79 Å². The first kappa shape index (κ1) is 13.0. The van der Waals surface area contributed by atoms with E-state index >= 15 is 0 Å². The maximum Gasteiger partial charge on any atom is 1.00 e. The van der Waals surface area contributed by atoms with Crippen molar-refractivity contribution in [3.8, 4) is 0 Å². The molecular weight excluding hydrogens is 295 g/mol. The summed E-state index contributed by atoms with van der Waals surface area (Å²) in [6.07, 6.45) is 0.